The molecular weight excluding hydrogens is 252 g/mol. The van der Waals surface area contributed by atoms with Crippen LogP contribution < -0.4 is 5.73 Å². The van der Waals surface area contributed by atoms with Crippen LogP contribution in [0.2, 0.25) is 0 Å². The van der Waals surface area contributed by atoms with Gasteiger partial charge < -0.3 is 10.3 Å². The maximum absolute atomic E-state index is 6.08. The predicted octanol–water partition coefficient (Wildman–Crippen LogP) is 1.25. The Morgan fingerprint density at radius 2 is 2.05 bits per heavy atom. The lowest BCUT2D eigenvalue weighted by molar-refractivity contribution is 0.427. The Morgan fingerprint density at radius 1 is 1.20 bits per heavy atom. The number of benzene rings is 1. The first-order chi connectivity index (χ1) is 9.82. The van der Waals surface area contributed by atoms with Crippen molar-refractivity contribution >= 4 is 5.82 Å². The molecule has 2 aromatic heterocycles. The molecule has 0 saturated carbocycles. The van der Waals surface area contributed by atoms with Crippen molar-refractivity contribution in [3.8, 4) is 0 Å². The van der Waals surface area contributed by atoms with Crippen molar-refractivity contribution in [2.24, 2.45) is 0 Å². The molecule has 4 rings (SSSR count). The molecule has 1 aliphatic heterocycles. The highest BCUT2D eigenvalue weighted by atomic mass is 15.5. The van der Waals surface area contributed by atoms with E-state index in [0.29, 0.717) is 5.82 Å². The number of hydrogen-bond donors (Lipinski definition) is 1. The van der Waals surface area contributed by atoms with Gasteiger partial charge in [0.1, 0.15) is 11.2 Å². The number of aromatic nitrogens is 5. The summed E-state index contributed by atoms with van der Waals surface area (Å²) in [6.45, 7) is 0.798. The van der Waals surface area contributed by atoms with Crippen molar-refractivity contribution in [3.63, 3.8) is 0 Å². The Balaban J connectivity index is 2.04. The topological polar surface area (TPSA) is 74.5 Å². The number of anilines is 1. The molecule has 1 aromatic carbocycles. The van der Waals surface area contributed by atoms with Crippen LogP contribution >= 0.6 is 0 Å². The van der Waals surface area contributed by atoms with Crippen molar-refractivity contribution in [3.05, 3.63) is 60.3 Å². The van der Waals surface area contributed by atoms with E-state index in [-0.39, 0.29) is 5.54 Å². The van der Waals surface area contributed by atoms with Gasteiger partial charge in [0.2, 0.25) is 0 Å². The van der Waals surface area contributed by atoms with Gasteiger partial charge in [-0.05, 0) is 5.56 Å². The van der Waals surface area contributed by atoms with Crippen LogP contribution in [0.3, 0.4) is 0 Å². The average molecular weight is 266 g/mol. The Hall–Kier alpha value is -2.63. The lowest BCUT2D eigenvalue weighted by atomic mass is 9.85. The number of nitrogens with zero attached hydrogens (tertiary/aromatic N) is 5. The molecular formula is C14H14N6. The first kappa shape index (κ1) is 11.2. The zero-order chi connectivity index (χ0) is 13.6. The van der Waals surface area contributed by atoms with Gasteiger partial charge in [0, 0.05) is 25.4 Å². The van der Waals surface area contributed by atoms with Gasteiger partial charge in [-0.15, -0.1) is 5.10 Å². The maximum Gasteiger partial charge on any atom is 0.172 e. The molecule has 20 heavy (non-hydrogen) atoms. The summed E-state index contributed by atoms with van der Waals surface area (Å²) >= 11 is 0. The Kier molecular flexibility index (Phi) is 2.20. The molecule has 2 N–H and O–H groups in total. The lowest BCUT2D eigenvalue weighted by Gasteiger charge is -2.31. The molecule has 0 bridgehead atoms. The summed E-state index contributed by atoms with van der Waals surface area (Å²) in [6, 6.07) is 10.3. The molecule has 6 nitrogen and oxygen atoms in total. The largest absolute Gasteiger partial charge is 0.381 e. The minimum absolute atomic E-state index is 0.370. The molecule has 6 heteroatoms. The third-order valence-electron chi connectivity index (χ3n) is 4.03. The molecule has 100 valence electrons. The second kappa shape index (κ2) is 3.93. The van der Waals surface area contributed by atoms with Crippen molar-refractivity contribution in [1.29, 1.82) is 0 Å². The van der Waals surface area contributed by atoms with Crippen molar-refractivity contribution in [1.82, 2.24) is 24.5 Å². The van der Waals surface area contributed by atoms with E-state index in [1.165, 1.54) is 5.56 Å². The Bertz CT molecular complexity index is 730. The van der Waals surface area contributed by atoms with E-state index >= 15 is 0 Å². The summed E-state index contributed by atoms with van der Waals surface area (Å²) in [6.07, 6.45) is 6.47. The second-order valence-corrected chi connectivity index (χ2v) is 4.99. The van der Waals surface area contributed by atoms with Gasteiger partial charge in [-0.1, -0.05) is 35.5 Å². The summed E-state index contributed by atoms with van der Waals surface area (Å²) in [5, 5.41) is 8.16. The quantitative estimate of drug-likeness (QED) is 0.757. The van der Waals surface area contributed by atoms with E-state index in [2.05, 4.69) is 32.0 Å². The molecule has 1 aliphatic rings. The molecule has 0 amide bonds. The number of imidazole rings is 1. The van der Waals surface area contributed by atoms with E-state index in [1.54, 1.807) is 6.20 Å². The smallest absolute Gasteiger partial charge is 0.172 e. The molecule has 0 aliphatic carbocycles. The highest BCUT2D eigenvalue weighted by Crippen LogP contribution is 2.43. The van der Waals surface area contributed by atoms with Gasteiger partial charge in [0.05, 0.1) is 6.33 Å². The number of fused-ring (bicyclic) bond motifs is 1. The highest BCUT2D eigenvalue weighted by molar-refractivity contribution is 5.48. The zero-order valence-electron chi connectivity index (χ0n) is 10.8. The fourth-order valence-corrected chi connectivity index (χ4v) is 3.17. The van der Waals surface area contributed by atoms with Gasteiger partial charge in [-0.3, -0.25) is 0 Å². The van der Waals surface area contributed by atoms with Crippen LogP contribution in [0.4, 0.5) is 5.82 Å². The fraction of sp³-hybridized carbons (Fsp3) is 0.214. The molecule has 0 radical (unpaired) electrons. The van der Waals surface area contributed by atoms with E-state index in [0.717, 1.165) is 18.7 Å². The van der Waals surface area contributed by atoms with Crippen molar-refractivity contribution < 1.29 is 0 Å². The molecule has 3 aromatic rings. The number of hydrogen-bond acceptors (Lipinski definition) is 4. The van der Waals surface area contributed by atoms with E-state index in [1.807, 2.05) is 35.4 Å². The third-order valence-corrected chi connectivity index (χ3v) is 4.03. The van der Waals surface area contributed by atoms with E-state index < -0.39 is 0 Å². The van der Waals surface area contributed by atoms with E-state index in [4.69, 9.17) is 5.73 Å². The van der Waals surface area contributed by atoms with Crippen LogP contribution in [0.15, 0.2) is 49.1 Å². The standard InChI is InChI=1S/C14H14N6/c15-13-12-14(19-9-7-16-10-19,6-8-20(12)18-17-13)11-4-2-1-3-5-11/h1-5,7,9-10H,6,8,15H2. The molecule has 3 heterocycles. The van der Waals surface area contributed by atoms with Crippen molar-refractivity contribution in [2.45, 2.75) is 18.5 Å². The minimum atomic E-state index is -0.370. The zero-order valence-corrected chi connectivity index (χ0v) is 10.8. The predicted molar refractivity (Wildman–Crippen MR) is 73.9 cm³/mol. The van der Waals surface area contributed by atoms with Crippen LogP contribution in [0, 0.1) is 0 Å². The third kappa shape index (κ3) is 1.30. The summed E-state index contributed by atoms with van der Waals surface area (Å²) in [5.41, 5.74) is 7.83. The van der Waals surface area contributed by atoms with Gasteiger partial charge in [-0.2, -0.15) is 0 Å². The number of aryl methyl sites for hydroxylation is 1. The summed E-state index contributed by atoms with van der Waals surface area (Å²) < 4.78 is 3.99. The first-order valence-corrected chi connectivity index (χ1v) is 6.56. The van der Waals surface area contributed by atoms with Crippen LogP contribution in [-0.2, 0) is 12.1 Å². The van der Waals surface area contributed by atoms with Crippen LogP contribution in [0.5, 0.6) is 0 Å². The summed E-state index contributed by atoms with van der Waals surface area (Å²) in [5.74, 6) is 0.486. The SMILES string of the molecule is Nc1nnn2c1C(c1ccccc1)(n1ccnc1)CC2. The number of rotatable bonds is 2. The Labute approximate surface area is 115 Å². The van der Waals surface area contributed by atoms with Gasteiger partial charge in [0.15, 0.2) is 5.82 Å². The maximum atomic E-state index is 6.08. The number of nitrogen functional groups attached to an aromatic ring is 1. The monoisotopic (exact) mass is 266 g/mol. The van der Waals surface area contributed by atoms with Gasteiger partial charge >= 0.3 is 0 Å². The molecule has 0 fully saturated rings. The number of nitrogens with two attached hydrogens (primary N) is 1. The van der Waals surface area contributed by atoms with Gasteiger partial charge in [0.25, 0.3) is 0 Å². The normalized spacial score (nSPS) is 21.0. The average Bonchev–Trinajstić information content (AvgIpc) is 3.19. The van der Waals surface area contributed by atoms with E-state index in [9.17, 15) is 0 Å². The molecule has 1 atom stereocenters. The van der Waals surface area contributed by atoms with Crippen molar-refractivity contribution in [2.75, 3.05) is 5.73 Å². The van der Waals surface area contributed by atoms with Crippen LogP contribution in [0.1, 0.15) is 17.7 Å². The first-order valence-electron chi connectivity index (χ1n) is 6.56. The lowest BCUT2D eigenvalue weighted by Crippen LogP contribution is -2.33. The second-order valence-electron chi connectivity index (χ2n) is 4.99. The molecule has 0 spiro atoms. The Morgan fingerprint density at radius 3 is 2.80 bits per heavy atom. The summed E-state index contributed by atoms with van der Waals surface area (Å²) in [7, 11) is 0. The highest BCUT2D eigenvalue weighted by Gasteiger charge is 2.45. The molecule has 1 unspecified atom stereocenters. The van der Waals surface area contributed by atoms with Crippen LogP contribution in [-0.4, -0.2) is 24.5 Å². The van der Waals surface area contributed by atoms with Crippen LogP contribution in [0.25, 0.3) is 0 Å². The summed E-state index contributed by atoms with van der Waals surface area (Å²) in [4.78, 5) is 4.20. The van der Waals surface area contributed by atoms with Gasteiger partial charge in [-0.25, -0.2) is 9.67 Å². The minimum Gasteiger partial charge on any atom is -0.381 e. The molecule has 0 saturated heterocycles. The fourth-order valence-electron chi connectivity index (χ4n) is 3.17.